The molecule has 0 radical (unpaired) electrons. The lowest BCUT2D eigenvalue weighted by Gasteiger charge is -2.37. The number of aliphatic hydroxyl groups is 1. The zero-order valence-electron chi connectivity index (χ0n) is 22.7. The van der Waals surface area contributed by atoms with Gasteiger partial charge in [-0.2, -0.15) is 0 Å². The van der Waals surface area contributed by atoms with Gasteiger partial charge in [-0.3, -0.25) is 9.78 Å². The van der Waals surface area contributed by atoms with E-state index in [9.17, 15) is 9.59 Å². The predicted molar refractivity (Wildman–Crippen MR) is 164 cm³/mol. The average Bonchev–Trinajstić information content (AvgIpc) is 3.11. The molecule has 1 aliphatic carbocycles. The van der Waals surface area contributed by atoms with E-state index >= 15 is 0 Å². The van der Waals surface area contributed by atoms with Crippen molar-refractivity contribution in [2.45, 2.75) is 57.3 Å². The molecule has 7 nitrogen and oxygen atoms in total. The van der Waals surface area contributed by atoms with E-state index in [0.717, 1.165) is 77.7 Å². The van der Waals surface area contributed by atoms with Crippen LogP contribution in [0.4, 0.5) is 4.79 Å². The van der Waals surface area contributed by atoms with Crippen LogP contribution in [0.1, 0.15) is 66.8 Å². The number of nitrogens with one attached hydrogen (secondary N) is 1. The fourth-order valence-electron chi connectivity index (χ4n) is 6.70. The third kappa shape index (κ3) is 6.85. The minimum atomic E-state index is -0.108. The van der Waals surface area contributed by atoms with E-state index < -0.39 is 0 Å². The van der Waals surface area contributed by atoms with Crippen LogP contribution < -0.4 is 5.32 Å². The number of piperidine rings is 2. The number of halogens is 3. The molecule has 2 aliphatic heterocycles. The first-order valence-electron chi connectivity index (χ1n) is 14.4. The molecule has 40 heavy (non-hydrogen) atoms. The van der Waals surface area contributed by atoms with E-state index in [4.69, 9.17) is 21.7 Å². The molecule has 2 saturated heterocycles. The Hall–Kier alpha value is -1.68. The molecular formula is C30H37Br2ClN4O3. The van der Waals surface area contributed by atoms with Gasteiger partial charge in [-0.1, -0.05) is 27.5 Å². The van der Waals surface area contributed by atoms with Gasteiger partial charge in [0.15, 0.2) is 0 Å². The van der Waals surface area contributed by atoms with Gasteiger partial charge in [0.1, 0.15) is 0 Å². The highest BCUT2D eigenvalue weighted by molar-refractivity contribution is 9.10. The van der Waals surface area contributed by atoms with E-state index in [-0.39, 0.29) is 31.0 Å². The van der Waals surface area contributed by atoms with Gasteiger partial charge in [0, 0.05) is 65.2 Å². The first kappa shape index (κ1) is 29.8. The standard InChI is InChI=1S/C30H37Br2ClN4O3/c31-23-15-22-3-2-21-16-24(33)17-25(32)27(21)28(29(22)35-18-23)20-7-12-36(13-8-20)26(39)4-1-19-5-10-37(11-6-19)30(40)34-9-14-38/h15-20,28,38H,1-14H2,(H,34,40). The molecule has 1 aromatic heterocycles. The number of aryl methyl sites for hydroxylation is 2. The lowest BCUT2D eigenvalue weighted by atomic mass is 9.76. The zero-order valence-corrected chi connectivity index (χ0v) is 26.6. The van der Waals surface area contributed by atoms with E-state index in [1.54, 1.807) is 0 Å². The summed E-state index contributed by atoms with van der Waals surface area (Å²) < 4.78 is 2.05. The number of hydrogen-bond acceptors (Lipinski definition) is 4. The van der Waals surface area contributed by atoms with Gasteiger partial charge >= 0.3 is 6.03 Å². The maximum Gasteiger partial charge on any atom is 0.317 e. The predicted octanol–water partition coefficient (Wildman–Crippen LogP) is 5.92. The van der Waals surface area contributed by atoms with Crippen molar-refractivity contribution in [3.05, 3.63) is 60.7 Å². The molecule has 216 valence electrons. The topological polar surface area (TPSA) is 85.8 Å². The van der Waals surface area contributed by atoms with Crippen LogP contribution in [0, 0.1) is 11.8 Å². The van der Waals surface area contributed by atoms with Gasteiger partial charge in [0.25, 0.3) is 0 Å². The Kier molecular flexibility index (Phi) is 10.1. The van der Waals surface area contributed by atoms with E-state index in [1.165, 1.54) is 16.7 Å². The number of aliphatic hydroxyl groups excluding tert-OH is 1. The van der Waals surface area contributed by atoms with Gasteiger partial charge in [0.2, 0.25) is 5.91 Å². The van der Waals surface area contributed by atoms with Crippen molar-refractivity contribution in [1.82, 2.24) is 20.1 Å². The molecule has 3 aliphatic rings. The van der Waals surface area contributed by atoms with Gasteiger partial charge in [-0.25, -0.2) is 4.79 Å². The highest BCUT2D eigenvalue weighted by Crippen LogP contribution is 2.46. The smallest absolute Gasteiger partial charge is 0.317 e. The number of amides is 3. The molecule has 2 fully saturated rings. The summed E-state index contributed by atoms with van der Waals surface area (Å²) in [7, 11) is 0. The second-order valence-electron chi connectivity index (χ2n) is 11.3. The molecule has 1 atom stereocenters. The minimum Gasteiger partial charge on any atom is -0.395 e. The highest BCUT2D eigenvalue weighted by Gasteiger charge is 2.36. The minimum absolute atomic E-state index is 0.0515. The number of pyridine rings is 1. The van der Waals surface area contributed by atoms with Crippen LogP contribution in [-0.2, 0) is 17.6 Å². The number of nitrogens with zero attached hydrogens (tertiary/aromatic N) is 3. The summed E-state index contributed by atoms with van der Waals surface area (Å²) in [5, 5.41) is 12.4. The number of carbonyl (C=O) groups is 2. The van der Waals surface area contributed by atoms with Crippen LogP contribution >= 0.6 is 43.5 Å². The monoisotopic (exact) mass is 694 g/mol. The third-order valence-corrected chi connectivity index (χ3v) is 10.1. The maximum absolute atomic E-state index is 13.2. The van der Waals surface area contributed by atoms with Crippen LogP contribution in [0.2, 0.25) is 5.02 Å². The molecule has 5 rings (SSSR count). The largest absolute Gasteiger partial charge is 0.395 e. The summed E-state index contributed by atoms with van der Waals surface area (Å²) in [6.07, 6.45) is 8.95. The highest BCUT2D eigenvalue weighted by atomic mass is 79.9. The molecule has 0 bridgehead atoms. The van der Waals surface area contributed by atoms with Crippen molar-refractivity contribution in [1.29, 1.82) is 0 Å². The molecule has 1 unspecified atom stereocenters. The lowest BCUT2D eigenvalue weighted by Crippen LogP contribution is -2.45. The fraction of sp³-hybridized carbons (Fsp3) is 0.567. The number of aromatic nitrogens is 1. The summed E-state index contributed by atoms with van der Waals surface area (Å²) in [6, 6.07) is 6.21. The average molecular weight is 697 g/mol. The Morgan fingerprint density at radius 3 is 2.42 bits per heavy atom. The summed E-state index contributed by atoms with van der Waals surface area (Å²) in [5.41, 5.74) is 5.04. The van der Waals surface area contributed by atoms with Crippen LogP contribution in [0.15, 0.2) is 33.3 Å². The number of carbonyl (C=O) groups excluding carboxylic acids is 2. The molecule has 10 heteroatoms. The van der Waals surface area contributed by atoms with Crippen molar-refractivity contribution < 1.29 is 14.7 Å². The number of rotatable bonds is 6. The molecule has 0 saturated carbocycles. The van der Waals surface area contributed by atoms with Crippen molar-refractivity contribution in [3.8, 4) is 0 Å². The molecule has 2 aromatic rings. The molecule has 3 amide bonds. The summed E-state index contributed by atoms with van der Waals surface area (Å²) in [6.45, 7) is 3.19. The van der Waals surface area contributed by atoms with Crippen molar-refractivity contribution in [2.75, 3.05) is 39.3 Å². The molecule has 1 aromatic carbocycles. The number of benzene rings is 1. The van der Waals surface area contributed by atoms with Crippen molar-refractivity contribution in [3.63, 3.8) is 0 Å². The first-order chi connectivity index (χ1) is 19.3. The Morgan fingerprint density at radius 2 is 1.70 bits per heavy atom. The van der Waals surface area contributed by atoms with E-state index in [0.29, 0.717) is 31.3 Å². The number of hydrogen-bond donors (Lipinski definition) is 2. The van der Waals surface area contributed by atoms with Crippen LogP contribution in [-0.4, -0.2) is 71.2 Å². The summed E-state index contributed by atoms with van der Waals surface area (Å²) >= 11 is 13.9. The van der Waals surface area contributed by atoms with Crippen molar-refractivity contribution in [2.24, 2.45) is 11.8 Å². The Labute approximate surface area is 258 Å². The summed E-state index contributed by atoms with van der Waals surface area (Å²) in [4.78, 5) is 34.1. The molecular weight excluding hydrogens is 660 g/mol. The SMILES string of the molecule is O=C(CCC1CCN(C(=O)NCCO)CC1)N1CCC(C2c3ncc(Br)cc3CCc3cc(Cl)cc(Br)c32)CC1. The van der Waals surface area contributed by atoms with Gasteiger partial charge < -0.3 is 20.2 Å². The summed E-state index contributed by atoms with van der Waals surface area (Å²) in [5.74, 6) is 1.28. The van der Waals surface area contributed by atoms with Gasteiger partial charge in [0.05, 0.1) is 12.3 Å². The Morgan fingerprint density at radius 1 is 1.00 bits per heavy atom. The maximum atomic E-state index is 13.2. The second kappa shape index (κ2) is 13.5. The molecule has 0 spiro atoms. The lowest BCUT2D eigenvalue weighted by molar-refractivity contribution is -0.133. The molecule has 2 N–H and O–H groups in total. The molecule has 3 heterocycles. The third-order valence-electron chi connectivity index (χ3n) is 8.84. The second-order valence-corrected chi connectivity index (χ2v) is 13.5. The van der Waals surface area contributed by atoms with E-state index in [1.807, 2.05) is 17.2 Å². The van der Waals surface area contributed by atoms with Crippen LogP contribution in [0.5, 0.6) is 0 Å². The van der Waals surface area contributed by atoms with Gasteiger partial charge in [-0.05, 0) is 108 Å². The fourth-order valence-corrected chi connectivity index (χ4v) is 8.20. The zero-order chi connectivity index (χ0) is 28.2. The Bertz CT molecular complexity index is 1230. The number of urea groups is 1. The first-order valence-corrected chi connectivity index (χ1v) is 16.3. The van der Waals surface area contributed by atoms with Crippen LogP contribution in [0.25, 0.3) is 0 Å². The van der Waals surface area contributed by atoms with Gasteiger partial charge in [-0.15, -0.1) is 0 Å². The van der Waals surface area contributed by atoms with Crippen molar-refractivity contribution >= 4 is 55.4 Å². The van der Waals surface area contributed by atoms with Crippen LogP contribution in [0.3, 0.4) is 0 Å². The number of likely N-dealkylation sites (tertiary alicyclic amines) is 2. The number of fused-ring (bicyclic) bond motifs is 2. The normalized spacial score (nSPS) is 20.1. The Balaban J connectivity index is 1.19. The van der Waals surface area contributed by atoms with E-state index in [2.05, 4.69) is 54.2 Å². The quantitative estimate of drug-likeness (QED) is 0.393.